The molecule has 0 saturated heterocycles. The van der Waals surface area contributed by atoms with Crippen LogP contribution in [0.3, 0.4) is 0 Å². The molecule has 0 aliphatic carbocycles. The van der Waals surface area contributed by atoms with Gasteiger partial charge in [-0.2, -0.15) is 0 Å². The van der Waals surface area contributed by atoms with Crippen LogP contribution in [-0.2, 0) is 3.79 Å². The van der Waals surface area contributed by atoms with Crippen LogP contribution in [0, 0.1) is 0 Å². The molecule has 0 aromatic carbocycles. The number of rotatable bonds is 3. The van der Waals surface area contributed by atoms with Crippen molar-refractivity contribution in [2.24, 2.45) is 0 Å². The number of hydrogen-bond donors (Lipinski definition) is 0. The van der Waals surface area contributed by atoms with Gasteiger partial charge in [-0.3, -0.25) is 0 Å². The highest BCUT2D eigenvalue weighted by atomic mass is 27.2. The second-order valence-electron chi connectivity index (χ2n) is 5.18. The molecular weight excluding hydrogens is 163 g/mol. The van der Waals surface area contributed by atoms with Gasteiger partial charge in [0.25, 0.3) is 0 Å². The van der Waals surface area contributed by atoms with Crippen LogP contribution in [-0.4, -0.2) is 20.1 Å². The lowest BCUT2D eigenvalue weighted by molar-refractivity contribution is 0.122. The van der Waals surface area contributed by atoms with E-state index in [0.29, 0.717) is 0 Å². The SMILES string of the molecule is C[CH](C)[Al]([O]C(C)(C)C)[CH](C)C. The molecule has 1 nitrogen and oxygen atoms in total. The second-order valence-corrected chi connectivity index (χ2v) is 9.01. The van der Waals surface area contributed by atoms with Crippen molar-refractivity contribution in [1.29, 1.82) is 0 Å². The Morgan fingerprint density at radius 2 is 1.25 bits per heavy atom. The predicted octanol–water partition coefficient (Wildman–Crippen LogP) is 3.61. The molecule has 0 rings (SSSR count). The van der Waals surface area contributed by atoms with Crippen LogP contribution < -0.4 is 0 Å². The van der Waals surface area contributed by atoms with Gasteiger partial charge in [-0.25, -0.2) is 0 Å². The Hall–Kier alpha value is 0.492. The van der Waals surface area contributed by atoms with Crippen LogP contribution in [0.1, 0.15) is 48.5 Å². The van der Waals surface area contributed by atoms with E-state index in [0.717, 1.165) is 9.56 Å². The summed E-state index contributed by atoms with van der Waals surface area (Å²) in [6, 6.07) is 0. The van der Waals surface area contributed by atoms with Gasteiger partial charge in [0, 0.05) is 5.60 Å². The maximum absolute atomic E-state index is 6.10. The molecule has 2 heteroatoms. The third-order valence-corrected chi connectivity index (χ3v) is 5.41. The molecular formula is C10H23AlO. The van der Waals surface area contributed by atoms with E-state index in [1.807, 2.05) is 0 Å². The minimum absolute atomic E-state index is 0.0471. The van der Waals surface area contributed by atoms with Crippen molar-refractivity contribution in [2.75, 3.05) is 0 Å². The number of hydrogen-bond acceptors (Lipinski definition) is 1. The Morgan fingerprint density at radius 1 is 0.917 bits per heavy atom. The normalized spacial score (nSPS) is 12.8. The van der Waals surface area contributed by atoms with Gasteiger partial charge < -0.3 is 3.79 Å². The second kappa shape index (κ2) is 4.65. The molecule has 0 radical (unpaired) electrons. The minimum Gasteiger partial charge on any atom is -0.496 e. The van der Waals surface area contributed by atoms with Crippen molar-refractivity contribution < 1.29 is 3.79 Å². The summed E-state index contributed by atoms with van der Waals surface area (Å²) in [5.74, 6) is 0. The van der Waals surface area contributed by atoms with Gasteiger partial charge in [0.2, 0.25) is 0 Å². The molecule has 0 unspecified atom stereocenters. The molecule has 0 amide bonds. The minimum atomic E-state index is -1.01. The third kappa shape index (κ3) is 5.19. The van der Waals surface area contributed by atoms with Crippen LogP contribution in [0.5, 0.6) is 0 Å². The molecule has 0 aromatic heterocycles. The fourth-order valence-corrected chi connectivity index (χ4v) is 4.35. The van der Waals surface area contributed by atoms with Crippen molar-refractivity contribution in [1.82, 2.24) is 0 Å². The van der Waals surface area contributed by atoms with E-state index in [-0.39, 0.29) is 5.60 Å². The van der Waals surface area contributed by atoms with Crippen LogP contribution in [0.4, 0.5) is 0 Å². The first kappa shape index (κ1) is 12.5. The average Bonchev–Trinajstić information content (AvgIpc) is 1.79. The maximum atomic E-state index is 6.10. The molecule has 0 N–H and O–H groups in total. The summed E-state index contributed by atoms with van der Waals surface area (Å²) < 4.78 is 7.58. The summed E-state index contributed by atoms with van der Waals surface area (Å²) in [5.41, 5.74) is 0.0471. The average molecular weight is 186 g/mol. The van der Waals surface area contributed by atoms with Gasteiger partial charge in [0.1, 0.15) is 0 Å². The summed E-state index contributed by atoms with van der Waals surface area (Å²) in [6.45, 7) is 15.6. The highest BCUT2D eigenvalue weighted by molar-refractivity contribution is 6.55. The smallest absolute Gasteiger partial charge is 0.466 e. The highest BCUT2D eigenvalue weighted by Crippen LogP contribution is 2.25. The van der Waals surface area contributed by atoms with Crippen molar-refractivity contribution >= 4 is 14.5 Å². The van der Waals surface area contributed by atoms with Crippen molar-refractivity contribution in [2.45, 2.75) is 63.6 Å². The Bertz CT molecular complexity index is 116. The zero-order valence-electron chi connectivity index (χ0n) is 9.64. The lowest BCUT2D eigenvalue weighted by Crippen LogP contribution is -2.34. The molecule has 0 heterocycles. The zero-order chi connectivity index (χ0) is 9.94. The maximum Gasteiger partial charge on any atom is 0.466 e. The molecule has 72 valence electrons. The Kier molecular flexibility index (Phi) is 4.84. The molecule has 0 bridgehead atoms. The fraction of sp³-hybridized carbons (Fsp3) is 1.00. The van der Waals surface area contributed by atoms with Crippen LogP contribution in [0.25, 0.3) is 0 Å². The van der Waals surface area contributed by atoms with E-state index >= 15 is 0 Å². The Labute approximate surface area is 82.2 Å². The molecule has 0 aliphatic rings. The Morgan fingerprint density at radius 3 is 1.33 bits per heavy atom. The molecule has 12 heavy (non-hydrogen) atoms. The first-order valence-corrected chi connectivity index (χ1v) is 6.72. The van der Waals surface area contributed by atoms with Crippen LogP contribution >= 0.6 is 0 Å². The van der Waals surface area contributed by atoms with Crippen LogP contribution in [0.15, 0.2) is 0 Å². The van der Waals surface area contributed by atoms with E-state index in [1.165, 1.54) is 0 Å². The monoisotopic (exact) mass is 186 g/mol. The van der Waals surface area contributed by atoms with Gasteiger partial charge in [0.15, 0.2) is 0 Å². The molecule has 0 aromatic rings. The van der Waals surface area contributed by atoms with Gasteiger partial charge in [-0.15, -0.1) is 0 Å². The predicted molar refractivity (Wildman–Crippen MR) is 56.8 cm³/mol. The molecule has 0 spiro atoms. The van der Waals surface area contributed by atoms with E-state index in [4.69, 9.17) is 3.79 Å². The zero-order valence-corrected chi connectivity index (χ0v) is 10.8. The Balaban J connectivity index is 4.15. The van der Waals surface area contributed by atoms with Crippen molar-refractivity contribution in [3.05, 3.63) is 0 Å². The van der Waals surface area contributed by atoms with Crippen LogP contribution in [0.2, 0.25) is 9.56 Å². The van der Waals surface area contributed by atoms with Gasteiger partial charge in [0.05, 0.1) is 0 Å². The lowest BCUT2D eigenvalue weighted by Gasteiger charge is -2.29. The van der Waals surface area contributed by atoms with Gasteiger partial charge >= 0.3 is 14.5 Å². The van der Waals surface area contributed by atoms with E-state index in [9.17, 15) is 0 Å². The lowest BCUT2D eigenvalue weighted by atomic mass is 10.2. The van der Waals surface area contributed by atoms with Gasteiger partial charge in [-0.1, -0.05) is 37.3 Å². The quantitative estimate of drug-likeness (QED) is 0.612. The summed E-state index contributed by atoms with van der Waals surface area (Å²) in [6.07, 6.45) is 0. The van der Waals surface area contributed by atoms with Crippen molar-refractivity contribution in [3.63, 3.8) is 0 Å². The molecule has 0 saturated carbocycles. The molecule has 0 aliphatic heterocycles. The summed E-state index contributed by atoms with van der Waals surface area (Å²) >= 11 is -1.01. The third-order valence-electron chi connectivity index (χ3n) is 1.80. The largest absolute Gasteiger partial charge is 0.496 e. The molecule has 0 fully saturated rings. The van der Waals surface area contributed by atoms with E-state index in [1.54, 1.807) is 0 Å². The highest BCUT2D eigenvalue weighted by Gasteiger charge is 2.32. The summed E-state index contributed by atoms with van der Waals surface area (Å²) in [7, 11) is 0. The standard InChI is InChI=1S/C4H9O.2C3H7.Al/c1-4(2,3)5;2*1-3-2;/h1-3H3;2*3H,1-2H3;/q-1;;;+1. The topological polar surface area (TPSA) is 9.23 Å². The molecule has 0 atom stereocenters. The fourth-order valence-electron chi connectivity index (χ4n) is 1.45. The summed E-state index contributed by atoms with van der Waals surface area (Å²) in [5, 5.41) is 0. The van der Waals surface area contributed by atoms with Crippen molar-refractivity contribution in [3.8, 4) is 0 Å². The summed E-state index contributed by atoms with van der Waals surface area (Å²) in [4.78, 5) is 0. The van der Waals surface area contributed by atoms with E-state index in [2.05, 4.69) is 48.5 Å². The van der Waals surface area contributed by atoms with Gasteiger partial charge in [-0.05, 0) is 20.8 Å². The van der Waals surface area contributed by atoms with E-state index < -0.39 is 14.5 Å². The first-order valence-electron chi connectivity index (χ1n) is 4.92. The first-order chi connectivity index (χ1) is 5.24.